The Balaban J connectivity index is 1.50. The van der Waals surface area contributed by atoms with Crippen molar-refractivity contribution in [3.05, 3.63) is 51.4 Å². The second kappa shape index (κ2) is 8.54. The van der Waals surface area contributed by atoms with Crippen LogP contribution in [0, 0.1) is 0 Å². The van der Waals surface area contributed by atoms with Crippen LogP contribution in [0.3, 0.4) is 0 Å². The fraction of sp³-hybridized carbons (Fsp3) is 0.318. The number of imide groups is 1. The molecular weight excluding hydrogens is 436 g/mol. The van der Waals surface area contributed by atoms with Crippen molar-refractivity contribution in [2.45, 2.75) is 25.2 Å². The summed E-state index contributed by atoms with van der Waals surface area (Å²) in [4.78, 5) is 64.0. The summed E-state index contributed by atoms with van der Waals surface area (Å²) in [5, 5.41) is 2.97. The predicted octanol–water partition coefficient (Wildman–Crippen LogP) is 2.36. The molecule has 2 aromatic rings. The number of fused-ring (bicyclic) bond motifs is 2. The minimum atomic E-state index is -0.658. The standard InChI is InChI=1S/C22H20N2O7S/c1-30-21(28)13-7-8-14-16(13)17(22(29)31-2)18(32-14)23-15(25)9-10-24-19(26)11-5-3-4-6-12(11)20(24)27/h3-6,13H,7-10H2,1-2H3,(H,23,25)/t13-/m0/s1. The summed E-state index contributed by atoms with van der Waals surface area (Å²) in [5.74, 6) is -3.05. The van der Waals surface area contributed by atoms with Crippen molar-refractivity contribution in [2.24, 2.45) is 0 Å². The van der Waals surface area contributed by atoms with E-state index in [1.54, 1.807) is 24.3 Å². The van der Waals surface area contributed by atoms with E-state index in [0.29, 0.717) is 29.5 Å². The van der Waals surface area contributed by atoms with E-state index in [4.69, 9.17) is 9.47 Å². The van der Waals surface area contributed by atoms with Crippen molar-refractivity contribution in [3.8, 4) is 0 Å². The van der Waals surface area contributed by atoms with Crippen LogP contribution in [0.1, 0.15) is 60.3 Å². The summed E-state index contributed by atoms with van der Waals surface area (Å²) in [6.07, 6.45) is 0.954. The minimum Gasteiger partial charge on any atom is -0.469 e. The number of hydrogen-bond acceptors (Lipinski definition) is 8. The Morgan fingerprint density at radius 2 is 1.75 bits per heavy atom. The Labute approximate surface area is 187 Å². The number of amides is 3. The van der Waals surface area contributed by atoms with Crippen LogP contribution in [0.5, 0.6) is 0 Å². The molecule has 166 valence electrons. The van der Waals surface area contributed by atoms with Crippen molar-refractivity contribution in [3.63, 3.8) is 0 Å². The number of esters is 2. The molecule has 1 aromatic carbocycles. The number of methoxy groups -OCH3 is 2. The Bertz CT molecular complexity index is 1120. The van der Waals surface area contributed by atoms with E-state index in [0.717, 1.165) is 9.78 Å². The second-order valence-corrected chi connectivity index (χ2v) is 8.46. The van der Waals surface area contributed by atoms with Gasteiger partial charge < -0.3 is 14.8 Å². The van der Waals surface area contributed by atoms with Crippen LogP contribution in [0.2, 0.25) is 0 Å². The molecule has 10 heteroatoms. The second-order valence-electron chi connectivity index (χ2n) is 7.35. The molecular formula is C22H20N2O7S. The summed E-state index contributed by atoms with van der Waals surface area (Å²) in [6.45, 7) is -0.0956. The maximum atomic E-state index is 12.6. The van der Waals surface area contributed by atoms with Crippen molar-refractivity contribution in [1.82, 2.24) is 4.90 Å². The molecule has 2 heterocycles. The third kappa shape index (κ3) is 3.56. The molecule has 1 atom stereocenters. The maximum Gasteiger partial charge on any atom is 0.341 e. The number of rotatable bonds is 6. The number of benzene rings is 1. The summed E-state index contributed by atoms with van der Waals surface area (Å²) in [5.41, 5.74) is 1.31. The Morgan fingerprint density at radius 1 is 1.09 bits per heavy atom. The van der Waals surface area contributed by atoms with Gasteiger partial charge in [-0.2, -0.15) is 0 Å². The van der Waals surface area contributed by atoms with Gasteiger partial charge in [0.1, 0.15) is 5.00 Å². The van der Waals surface area contributed by atoms with Gasteiger partial charge in [-0.25, -0.2) is 4.79 Å². The first-order valence-corrected chi connectivity index (χ1v) is 10.8. The van der Waals surface area contributed by atoms with Gasteiger partial charge in [-0.05, 0) is 30.5 Å². The third-order valence-corrected chi connectivity index (χ3v) is 6.78. The van der Waals surface area contributed by atoms with Crippen molar-refractivity contribution >= 4 is 46.0 Å². The molecule has 0 radical (unpaired) electrons. The molecule has 0 saturated heterocycles. The number of nitrogens with zero attached hydrogens (tertiary/aromatic N) is 1. The van der Waals surface area contributed by atoms with E-state index in [-0.39, 0.29) is 23.5 Å². The predicted molar refractivity (Wildman–Crippen MR) is 114 cm³/mol. The number of anilines is 1. The van der Waals surface area contributed by atoms with E-state index in [2.05, 4.69) is 5.32 Å². The topological polar surface area (TPSA) is 119 Å². The van der Waals surface area contributed by atoms with Crippen LogP contribution in [0.4, 0.5) is 5.00 Å². The molecule has 0 fully saturated rings. The first kappa shape index (κ1) is 21.7. The van der Waals surface area contributed by atoms with Gasteiger partial charge >= 0.3 is 11.9 Å². The summed E-state index contributed by atoms with van der Waals surface area (Å²) in [7, 11) is 2.51. The first-order valence-electron chi connectivity index (χ1n) is 9.94. The molecule has 0 unspecified atom stereocenters. The van der Waals surface area contributed by atoms with Crippen LogP contribution >= 0.6 is 11.3 Å². The minimum absolute atomic E-state index is 0.0956. The van der Waals surface area contributed by atoms with Crippen LogP contribution in [0.25, 0.3) is 0 Å². The molecule has 3 amide bonds. The van der Waals surface area contributed by atoms with Gasteiger partial charge in [0, 0.05) is 17.8 Å². The smallest absolute Gasteiger partial charge is 0.341 e. The molecule has 1 aliphatic carbocycles. The molecule has 0 saturated carbocycles. The fourth-order valence-corrected chi connectivity index (χ4v) is 5.36. The van der Waals surface area contributed by atoms with E-state index in [1.807, 2.05) is 0 Å². The van der Waals surface area contributed by atoms with Gasteiger partial charge in [0.2, 0.25) is 5.91 Å². The maximum absolute atomic E-state index is 12.6. The van der Waals surface area contributed by atoms with Crippen LogP contribution in [0.15, 0.2) is 24.3 Å². The summed E-state index contributed by atoms with van der Waals surface area (Å²) >= 11 is 1.21. The lowest BCUT2D eigenvalue weighted by Gasteiger charge is -2.14. The zero-order valence-corrected chi connectivity index (χ0v) is 18.2. The third-order valence-electron chi connectivity index (χ3n) is 5.60. The zero-order valence-electron chi connectivity index (χ0n) is 17.4. The quantitative estimate of drug-likeness (QED) is 0.523. The largest absolute Gasteiger partial charge is 0.469 e. The molecule has 0 bridgehead atoms. The molecule has 32 heavy (non-hydrogen) atoms. The number of thiophene rings is 1. The molecule has 9 nitrogen and oxygen atoms in total. The molecule has 0 spiro atoms. The van der Waals surface area contributed by atoms with Gasteiger partial charge in [-0.15, -0.1) is 11.3 Å². The van der Waals surface area contributed by atoms with E-state index < -0.39 is 35.6 Å². The Kier molecular flexibility index (Phi) is 5.79. The number of nitrogens with one attached hydrogen (secondary N) is 1. The highest BCUT2D eigenvalue weighted by Gasteiger charge is 2.39. The number of ether oxygens (including phenoxy) is 2. The highest BCUT2D eigenvalue weighted by Crippen LogP contribution is 2.45. The Hall–Kier alpha value is -3.53. The average Bonchev–Trinajstić information content (AvgIpc) is 3.43. The molecule has 1 aliphatic heterocycles. The fourth-order valence-electron chi connectivity index (χ4n) is 4.08. The SMILES string of the molecule is COC(=O)c1c(NC(=O)CCN2C(=O)c3ccccc3C2=O)sc2c1[C@@H](C(=O)OC)CC2. The molecule has 4 rings (SSSR count). The van der Waals surface area contributed by atoms with E-state index >= 15 is 0 Å². The average molecular weight is 456 g/mol. The number of aryl methyl sites for hydroxylation is 1. The lowest BCUT2D eigenvalue weighted by molar-refractivity contribution is -0.142. The van der Waals surface area contributed by atoms with Gasteiger partial charge in [0.15, 0.2) is 0 Å². The molecule has 2 aliphatic rings. The van der Waals surface area contributed by atoms with Crippen molar-refractivity contribution < 1.29 is 33.4 Å². The lowest BCUT2D eigenvalue weighted by Crippen LogP contribution is -2.33. The first-order chi connectivity index (χ1) is 15.4. The molecule has 1 aromatic heterocycles. The Morgan fingerprint density at radius 3 is 2.34 bits per heavy atom. The molecule has 1 N–H and O–H groups in total. The lowest BCUT2D eigenvalue weighted by atomic mass is 9.99. The van der Waals surface area contributed by atoms with Crippen LogP contribution in [-0.4, -0.2) is 55.3 Å². The normalized spacial score (nSPS) is 16.6. The van der Waals surface area contributed by atoms with Crippen LogP contribution < -0.4 is 5.32 Å². The number of carbonyl (C=O) groups excluding carboxylic acids is 5. The van der Waals surface area contributed by atoms with Crippen LogP contribution in [-0.2, 0) is 25.5 Å². The highest BCUT2D eigenvalue weighted by atomic mass is 32.1. The van der Waals surface area contributed by atoms with E-state index in [9.17, 15) is 24.0 Å². The van der Waals surface area contributed by atoms with E-state index in [1.165, 1.54) is 25.6 Å². The summed E-state index contributed by atoms with van der Waals surface area (Å²) < 4.78 is 9.72. The van der Waals surface area contributed by atoms with Gasteiger partial charge in [0.05, 0.1) is 36.8 Å². The van der Waals surface area contributed by atoms with Gasteiger partial charge in [0.25, 0.3) is 11.8 Å². The number of hydrogen-bond donors (Lipinski definition) is 1. The van der Waals surface area contributed by atoms with Crippen molar-refractivity contribution in [1.29, 1.82) is 0 Å². The summed E-state index contributed by atoms with van der Waals surface area (Å²) in [6, 6.07) is 6.49. The zero-order chi connectivity index (χ0) is 23.0. The monoisotopic (exact) mass is 456 g/mol. The highest BCUT2D eigenvalue weighted by molar-refractivity contribution is 7.17. The number of carbonyl (C=O) groups is 5. The van der Waals surface area contributed by atoms with Crippen molar-refractivity contribution in [2.75, 3.05) is 26.1 Å². The van der Waals surface area contributed by atoms with Gasteiger partial charge in [-0.1, -0.05) is 12.1 Å². The van der Waals surface area contributed by atoms with Gasteiger partial charge in [-0.3, -0.25) is 24.1 Å².